The molecule has 1 fully saturated rings. The lowest BCUT2D eigenvalue weighted by Crippen LogP contribution is -2.11. The van der Waals surface area contributed by atoms with Crippen LogP contribution in [0.25, 0.3) is 0 Å². The van der Waals surface area contributed by atoms with Gasteiger partial charge in [0, 0.05) is 0 Å². The molecule has 1 aliphatic carbocycles. The molecule has 1 nitrogen and oxygen atoms in total. The Hall–Kier alpha value is -1.31. The summed E-state index contributed by atoms with van der Waals surface area (Å²) >= 11 is 0. The van der Waals surface area contributed by atoms with E-state index in [1.54, 1.807) is 12.1 Å². The molecule has 0 heterocycles. The number of hydrogen-bond donors (Lipinski definition) is 0. The van der Waals surface area contributed by atoms with E-state index >= 15 is 0 Å². The highest BCUT2D eigenvalue weighted by atomic mass is 19.1. The van der Waals surface area contributed by atoms with E-state index in [4.69, 9.17) is 4.74 Å². The Morgan fingerprint density at radius 1 is 1.33 bits per heavy atom. The molecule has 0 amide bonds. The second-order valence-corrected chi connectivity index (χ2v) is 4.97. The summed E-state index contributed by atoms with van der Waals surface area (Å²) in [6.07, 6.45) is 6.65. The molecule has 0 atom stereocenters. The topological polar surface area (TPSA) is 9.23 Å². The Morgan fingerprint density at radius 2 is 2.06 bits per heavy atom. The van der Waals surface area contributed by atoms with E-state index < -0.39 is 0 Å². The lowest BCUT2D eigenvalue weighted by atomic mass is 9.79. The van der Waals surface area contributed by atoms with Crippen molar-refractivity contribution in [3.63, 3.8) is 0 Å². The minimum atomic E-state index is -0.236. The van der Waals surface area contributed by atoms with Crippen molar-refractivity contribution in [1.82, 2.24) is 0 Å². The van der Waals surface area contributed by atoms with Gasteiger partial charge in [0.1, 0.15) is 0 Å². The number of benzene rings is 1. The molecule has 1 aliphatic rings. The summed E-state index contributed by atoms with van der Waals surface area (Å²) in [5.74, 6) is 1.27. The summed E-state index contributed by atoms with van der Waals surface area (Å²) in [6, 6.07) is 5.41. The lowest BCUT2D eigenvalue weighted by Gasteiger charge is -2.27. The van der Waals surface area contributed by atoms with Crippen LogP contribution >= 0.6 is 0 Å². The predicted molar refractivity (Wildman–Crippen MR) is 72.5 cm³/mol. The SMILES string of the molecule is C=CC1CCC(c2ccc(OCC)c(F)c2)CC1. The maximum absolute atomic E-state index is 13.8. The summed E-state index contributed by atoms with van der Waals surface area (Å²) in [6.45, 7) is 6.22. The van der Waals surface area contributed by atoms with Gasteiger partial charge < -0.3 is 4.74 Å². The van der Waals surface area contributed by atoms with E-state index in [-0.39, 0.29) is 5.82 Å². The molecule has 0 unspecified atom stereocenters. The van der Waals surface area contributed by atoms with Gasteiger partial charge in [0.25, 0.3) is 0 Å². The summed E-state index contributed by atoms with van der Waals surface area (Å²) in [7, 11) is 0. The zero-order valence-electron chi connectivity index (χ0n) is 11.0. The average Bonchev–Trinajstić information content (AvgIpc) is 2.41. The van der Waals surface area contributed by atoms with E-state index in [1.807, 2.05) is 13.0 Å². The average molecular weight is 248 g/mol. The Morgan fingerprint density at radius 3 is 2.61 bits per heavy atom. The third-order valence-electron chi connectivity index (χ3n) is 3.83. The molecule has 0 aliphatic heterocycles. The molecule has 0 bridgehead atoms. The highest BCUT2D eigenvalue weighted by Crippen LogP contribution is 2.37. The zero-order valence-corrected chi connectivity index (χ0v) is 11.0. The minimum Gasteiger partial charge on any atom is -0.491 e. The van der Waals surface area contributed by atoms with Gasteiger partial charge in [-0.3, -0.25) is 0 Å². The second kappa shape index (κ2) is 6.03. The van der Waals surface area contributed by atoms with Crippen LogP contribution in [0.1, 0.15) is 44.1 Å². The molecule has 0 N–H and O–H groups in total. The molecular weight excluding hydrogens is 227 g/mol. The van der Waals surface area contributed by atoms with Gasteiger partial charge in [0.05, 0.1) is 6.61 Å². The van der Waals surface area contributed by atoms with E-state index in [2.05, 4.69) is 12.7 Å². The molecule has 18 heavy (non-hydrogen) atoms. The van der Waals surface area contributed by atoms with Crippen LogP contribution in [0.4, 0.5) is 4.39 Å². The fraction of sp³-hybridized carbons (Fsp3) is 0.500. The van der Waals surface area contributed by atoms with Crippen molar-refractivity contribution in [2.24, 2.45) is 5.92 Å². The van der Waals surface area contributed by atoms with Crippen LogP contribution in [0.2, 0.25) is 0 Å². The van der Waals surface area contributed by atoms with E-state index in [0.29, 0.717) is 24.2 Å². The van der Waals surface area contributed by atoms with Crippen molar-refractivity contribution in [3.8, 4) is 5.75 Å². The van der Waals surface area contributed by atoms with Crippen molar-refractivity contribution in [1.29, 1.82) is 0 Å². The quantitative estimate of drug-likeness (QED) is 0.703. The van der Waals surface area contributed by atoms with Gasteiger partial charge >= 0.3 is 0 Å². The second-order valence-electron chi connectivity index (χ2n) is 4.97. The normalized spacial score (nSPS) is 23.7. The third kappa shape index (κ3) is 2.92. The number of halogens is 1. The monoisotopic (exact) mass is 248 g/mol. The molecule has 2 heteroatoms. The smallest absolute Gasteiger partial charge is 0.165 e. The van der Waals surface area contributed by atoms with Crippen molar-refractivity contribution < 1.29 is 9.13 Å². The number of ether oxygens (including phenoxy) is 1. The summed E-state index contributed by atoms with van der Waals surface area (Å²) in [4.78, 5) is 0. The van der Waals surface area contributed by atoms with Crippen LogP contribution in [0.5, 0.6) is 5.75 Å². The fourth-order valence-corrected chi connectivity index (χ4v) is 2.73. The van der Waals surface area contributed by atoms with E-state index in [1.165, 1.54) is 12.8 Å². The number of rotatable bonds is 4. The zero-order chi connectivity index (χ0) is 13.0. The third-order valence-corrected chi connectivity index (χ3v) is 3.83. The summed E-state index contributed by atoms with van der Waals surface area (Å²) in [5.41, 5.74) is 1.11. The molecular formula is C16H21FO. The largest absolute Gasteiger partial charge is 0.491 e. The van der Waals surface area contributed by atoms with Crippen LogP contribution in [0.15, 0.2) is 30.9 Å². The van der Waals surface area contributed by atoms with Gasteiger partial charge in [0.15, 0.2) is 11.6 Å². The van der Waals surface area contributed by atoms with Gasteiger partial charge in [-0.2, -0.15) is 0 Å². The Kier molecular flexibility index (Phi) is 4.40. The molecule has 0 spiro atoms. The van der Waals surface area contributed by atoms with Crippen molar-refractivity contribution in [2.45, 2.75) is 38.5 Å². The molecule has 0 radical (unpaired) electrons. The minimum absolute atomic E-state index is 0.236. The van der Waals surface area contributed by atoms with Gasteiger partial charge in [-0.25, -0.2) is 4.39 Å². The molecule has 0 saturated heterocycles. The number of allylic oxidation sites excluding steroid dienone is 1. The summed E-state index contributed by atoms with van der Waals surface area (Å²) in [5, 5.41) is 0. The van der Waals surface area contributed by atoms with Gasteiger partial charge in [-0.05, 0) is 62.1 Å². The standard InChI is InChI=1S/C16H21FO/c1-3-12-5-7-13(8-6-12)14-9-10-16(18-4-2)15(17)11-14/h3,9-13H,1,4-8H2,2H3. The van der Waals surface area contributed by atoms with Crippen molar-refractivity contribution >= 4 is 0 Å². The van der Waals surface area contributed by atoms with Gasteiger partial charge in [-0.15, -0.1) is 6.58 Å². The molecule has 1 saturated carbocycles. The maximum Gasteiger partial charge on any atom is 0.165 e. The fourth-order valence-electron chi connectivity index (χ4n) is 2.73. The maximum atomic E-state index is 13.8. The van der Waals surface area contributed by atoms with Crippen molar-refractivity contribution in [3.05, 3.63) is 42.2 Å². The highest BCUT2D eigenvalue weighted by molar-refractivity contribution is 5.31. The first-order valence-electron chi connectivity index (χ1n) is 6.79. The van der Waals surface area contributed by atoms with Crippen LogP contribution < -0.4 is 4.74 Å². The Labute approximate surface area is 109 Å². The first-order valence-corrected chi connectivity index (χ1v) is 6.79. The predicted octanol–water partition coefficient (Wildman–Crippen LogP) is 4.68. The van der Waals surface area contributed by atoms with Gasteiger partial charge in [0.2, 0.25) is 0 Å². The molecule has 1 aromatic carbocycles. The van der Waals surface area contributed by atoms with E-state index in [0.717, 1.165) is 18.4 Å². The van der Waals surface area contributed by atoms with Crippen molar-refractivity contribution in [2.75, 3.05) is 6.61 Å². The molecule has 0 aromatic heterocycles. The molecule has 1 aromatic rings. The lowest BCUT2D eigenvalue weighted by molar-refractivity contribution is 0.320. The Bertz CT molecular complexity index is 406. The summed E-state index contributed by atoms with van der Waals surface area (Å²) < 4.78 is 19.0. The van der Waals surface area contributed by atoms with Crippen LogP contribution in [0, 0.1) is 11.7 Å². The van der Waals surface area contributed by atoms with E-state index in [9.17, 15) is 4.39 Å². The van der Waals surface area contributed by atoms with Crippen LogP contribution in [0.3, 0.4) is 0 Å². The van der Waals surface area contributed by atoms with Crippen LogP contribution in [-0.2, 0) is 0 Å². The highest BCUT2D eigenvalue weighted by Gasteiger charge is 2.21. The first-order chi connectivity index (χ1) is 8.74. The Balaban J connectivity index is 2.05. The molecule has 98 valence electrons. The molecule has 2 rings (SSSR count). The number of hydrogen-bond acceptors (Lipinski definition) is 1. The van der Waals surface area contributed by atoms with Gasteiger partial charge in [-0.1, -0.05) is 12.1 Å². The first kappa shape index (κ1) is 13.1. The van der Waals surface area contributed by atoms with Crippen LogP contribution in [-0.4, -0.2) is 6.61 Å².